The van der Waals surface area contributed by atoms with Gasteiger partial charge in [0.25, 0.3) is 0 Å². The number of amides is 1. The highest BCUT2D eigenvalue weighted by atomic mass is 16.6. The molecule has 1 saturated heterocycles. The summed E-state index contributed by atoms with van der Waals surface area (Å²) in [6.45, 7) is 3.16. The van der Waals surface area contributed by atoms with Crippen LogP contribution in [0.25, 0.3) is 0 Å². The van der Waals surface area contributed by atoms with Crippen LogP contribution in [0.1, 0.15) is 17.5 Å². The van der Waals surface area contributed by atoms with E-state index in [9.17, 15) is 4.79 Å². The molecule has 0 bridgehead atoms. The second-order valence-corrected chi connectivity index (χ2v) is 4.46. The van der Waals surface area contributed by atoms with E-state index in [4.69, 9.17) is 4.74 Å². The van der Waals surface area contributed by atoms with E-state index in [1.807, 2.05) is 12.1 Å². The largest absolute Gasteiger partial charge is 0.449 e. The van der Waals surface area contributed by atoms with Crippen molar-refractivity contribution in [2.45, 2.75) is 19.4 Å². The Balaban J connectivity index is 1.99. The molecule has 1 aromatic carbocycles. The number of carbonyl (C=O) groups excluding carboxylic acids is 1. The summed E-state index contributed by atoms with van der Waals surface area (Å²) >= 11 is 0. The van der Waals surface area contributed by atoms with Crippen LogP contribution in [-0.2, 0) is 17.7 Å². The standard InChI is InChI=1S/C13H16N2O2/c16-13-15(7-2-8-17-13)12-4-1-3-10-5-6-14-9-11(10)12/h1,3-4,14H,2,5-9H2. The van der Waals surface area contributed by atoms with Gasteiger partial charge in [-0.2, -0.15) is 0 Å². The minimum atomic E-state index is -0.213. The van der Waals surface area contributed by atoms with Crippen molar-refractivity contribution in [1.82, 2.24) is 5.32 Å². The molecule has 17 heavy (non-hydrogen) atoms. The van der Waals surface area contributed by atoms with Gasteiger partial charge in [-0.15, -0.1) is 0 Å². The van der Waals surface area contributed by atoms with Crippen molar-refractivity contribution in [3.8, 4) is 0 Å². The van der Waals surface area contributed by atoms with Crippen LogP contribution >= 0.6 is 0 Å². The lowest BCUT2D eigenvalue weighted by Crippen LogP contribution is -2.39. The van der Waals surface area contributed by atoms with E-state index < -0.39 is 0 Å². The molecule has 0 saturated carbocycles. The van der Waals surface area contributed by atoms with Gasteiger partial charge in [0.2, 0.25) is 0 Å². The minimum absolute atomic E-state index is 0.213. The number of nitrogens with one attached hydrogen (secondary N) is 1. The van der Waals surface area contributed by atoms with E-state index >= 15 is 0 Å². The molecule has 1 fully saturated rings. The predicted molar refractivity (Wildman–Crippen MR) is 65.2 cm³/mol. The fraction of sp³-hybridized carbons (Fsp3) is 0.462. The second kappa shape index (κ2) is 4.37. The summed E-state index contributed by atoms with van der Waals surface area (Å²) in [4.78, 5) is 13.5. The molecule has 0 unspecified atom stereocenters. The van der Waals surface area contributed by atoms with E-state index in [0.29, 0.717) is 6.61 Å². The summed E-state index contributed by atoms with van der Waals surface area (Å²) in [7, 11) is 0. The van der Waals surface area contributed by atoms with Crippen LogP contribution in [0.2, 0.25) is 0 Å². The Kier molecular flexibility index (Phi) is 2.73. The number of nitrogens with zero attached hydrogens (tertiary/aromatic N) is 1. The maximum atomic E-state index is 11.8. The van der Waals surface area contributed by atoms with Crippen molar-refractivity contribution < 1.29 is 9.53 Å². The van der Waals surface area contributed by atoms with Crippen LogP contribution in [0.15, 0.2) is 18.2 Å². The number of hydrogen-bond donors (Lipinski definition) is 1. The van der Waals surface area contributed by atoms with Crippen molar-refractivity contribution in [2.24, 2.45) is 0 Å². The Morgan fingerprint density at radius 2 is 2.29 bits per heavy atom. The van der Waals surface area contributed by atoms with Gasteiger partial charge in [0.15, 0.2) is 0 Å². The number of hydrogen-bond acceptors (Lipinski definition) is 3. The molecule has 3 rings (SSSR count). The lowest BCUT2D eigenvalue weighted by Gasteiger charge is -2.30. The average Bonchev–Trinajstić information content (AvgIpc) is 2.39. The fourth-order valence-electron chi connectivity index (χ4n) is 2.52. The lowest BCUT2D eigenvalue weighted by molar-refractivity contribution is 0.140. The third-order valence-electron chi connectivity index (χ3n) is 3.38. The zero-order valence-electron chi connectivity index (χ0n) is 9.74. The molecule has 2 aliphatic heterocycles. The Morgan fingerprint density at radius 1 is 1.35 bits per heavy atom. The highest BCUT2D eigenvalue weighted by Crippen LogP contribution is 2.28. The average molecular weight is 232 g/mol. The molecular weight excluding hydrogens is 216 g/mol. The van der Waals surface area contributed by atoms with Crippen molar-refractivity contribution in [3.63, 3.8) is 0 Å². The first-order chi connectivity index (χ1) is 8.36. The monoisotopic (exact) mass is 232 g/mol. The van der Waals surface area contributed by atoms with Crippen LogP contribution in [0, 0.1) is 0 Å². The van der Waals surface area contributed by atoms with Gasteiger partial charge in [0.05, 0.1) is 12.3 Å². The molecular formula is C13H16N2O2. The molecule has 0 aliphatic carbocycles. The highest BCUT2D eigenvalue weighted by Gasteiger charge is 2.25. The molecule has 2 aliphatic rings. The minimum Gasteiger partial charge on any atom is -0.449 e. The van der Waals surface area contributed by atoms with E-state index in [1.165, 1.54) is 11.1 Å². The van der Waals surface area contributed by atoms with Gasteiger partial charge in [-0.05, 0) is 36.6 Å². The molecule has 0 radical (unpaired) electrons. The number of ether oxygens (including phenoxy) is 1. The number of rotatable bonds is 1. The van der Waals surface area contributed by atoms with E-state index in [1.54, 1.807) is 4.90 Å². The number of anilines is 1. The normalized spacial score (nSPS) is 19.8. The number of fused-ring (bicyclic) bond motifs is 1. The summed E-state index contributed by atoms with van der Waals surface area (Å²) in [5, 5.41) is 3.36. The zero-order valence-corrected chi connectivity index (χ0v) is 9.74. The van der Waals surface area contributed by atoms with Crippen molar-refractivity contribution in [2.75, 3.05) is 24.6 Å². The molecule has 90 valence electrons. The van der Waals surface area contributed by atoms with Gasteiger partial charge in [-0.25, -0.2) is 4.79 Å². The van der Waals surface area contributed by atoms with E-state index in [0.717, 1.165) is 38.2 Å². The van der Waals surface area contributed by atoms with Gasteiger partial charge in [-0.3, -0.25) is 4.90 Å². The van der Waals surface area contributed by atoms with Crippen LogP contribution in [0.4, 0.5) is 10.5 Å². The first-order valence-electron chi connectivity index (χ1n) is 6.12. The van der Waals surface area contributed by atoms with Crippen molar-refractivity contribution in [3.05, 3.63) is 29.3 Å². The summed E-state index contributed by atoms with van der Waals surface area (Å²) in [6.07, 6.45) is 1.73. The molecule has 1 amide bonds. The van der Waals surface area contributed by atoms with Gasteiger partial charge < -0.3 is 10.1 Å². The number of carbonyl (C=O) groups is 1. The quantitative estimate of drug-likeness (QED) is 0.801. The van der Waals surface area contributed by atoms with E-state index in [2.05, 4.69) is 11.4 Å². The maximum absolute atomic E-state index is 11.8. The Hall–Kier alpha value is -1.55. The van der Waals surface area contributed by atoms with Crippen LogP contribution in [0.5, 0.6) is 0 Å². The predicted octanol–water partition coefficient (Wildman–Crippen LogP) is 1.68. The highest BCUT2D eigenvalue weighted by molar-refractivity contribution is 5.89. The third kappa shape index (κ3) is 1.89. The molecule has 2 heterocycles. The van der Waals surface area contributed by atoms with Crippen LogP contribution in [-0.4, -0.2) is 25.8 Å². The van der Waals surface area contributed by atoms with Crippen molar-refractivity contribution >= 4 is 11.8 Å². The first-order valence-corrected chi connectivity index (χ1v) is 6.12. The summed E-state index contributed by atoms with van der Waals surface area (Å²) < 4.78 is 5.10. The molecule has 1 N–H and O–H groups in total. The Morgan fingerprint density at radius 3 is 3.18 bits per heavy atom. The molecule has 0 atom stereocenters. The zero-order chi connectivity index (χ0) is 11.7. The molecule has 4 heteroatoms. The third-order valence-corrected chi connectivity index (χ3v) is 3.38. The lowest BCUT2D eigenvalue weighted by atomic mass is 9.98. The van der Waals surface area contributed by atoms with Gasteiger partial charge in [0, 0.05) is 13.1 Å². The fourth-order valence-corrected chi connectivity index (χ4v) is 2.52. The number of cyclic esters (lactones) is 1. The number of benzene rings is 1. The van der Waals surface area contributed by atoms with Crippen LogP contribution < -0.4 is 10.2 Å². The summed E-state index contributed by atoms with van der Waals surface area (Å²) in [5.74, 6) is 0. The first kappa shape index (κ1) is 10.6. The molecule has 1 aromatic rings. The summed E-state index contributed by atoms with van der Waals surface area (Å²) in [5.41, 5.74) is 3.61. The maximum Gasteiger partial charge on any atom is 0.414 e. The van der Waals surface area contributed by atoms with Gasteiger partial charge in [-0.1, -0.05) is 12.1 Å². The molecule has 4 nitrogen and oxygen atoms in total. The van der Waals surface area contributed by atoms with Gasteiger partial charge >= 0.3 is 6.09 Å². The van der Waals surface area contributed by atoms with Gasteiger partial charge in [0.1, 0.15) is 0 Å². The topological polar surface area (TPSA) is 41.6 Å². The molecule has 0 aromatic heterocycles. The SMILES string of the molecule is O=C1OCCCN1c1cccc2c1CNCC2. The van der Waals surface area contributed by atoms with E-state index in [-0.39, 0.29) is 6.09 Å². The smallest absolute Gasteiger partial charge is 0.414 e. The van der Waals surface area contributed by atoms with Crippen molar-refractivity contribution in [1.29, 1.82) is 0 Å². The summed E-state index contributed by atoms with van der Waals surface area (Å²) in [6, 6.07) is 6.19. The second-order valence-electron chi connectivity index (χ2n) is 4.46. The molecule has 0 spiro atoms. The van der Waals surface area contributed by atoms with Crippen LogP contribution in [0.3, 0.4) is 0 Å². The Bertz CT molecular complexity index is 445. The Labute approximate surface area is 101 Å².